The summed E-state index contributed by atoms with van der Waals surface area (Å²) in [5, 5.41) is 0. The topological polar surface area (TPSA) is 132 Å². The summed E-state index contributed by atoms with van der Waals surface area (Å²) < 4.78 is 15.5. The Kier molecular flexibility index (Phi) is 3.78. The number of rotatable bonds is 5. The quantitative estimate of drug-likeness (QED) is 0.355. The average molecular weight is 300 g/mol. The number of nitrogens with zero attached hydrogens (tertiary/aromatic N) is 2. The van der Waals surface area contributed by atoms with Crippen molar-refractivity contribution in [2.45, 2.75) is 6.23 Å². The van der Waals surface area contributed by atoms with Gasteiger partial charge in [0.05, 0.1) is 12.0 Å². The van der Waals surface area contributed by atoms with Crippen LogP contribution in [0.2, 0.25) is 0 Å². The molecule has 10 heteroatoms. The van der Waals surface area contributed by atoms with Crippen molar-refractivity contribution in [2.24, 2.45) is 0 Å². The number of hydrogen-bond acceptors (Lipinski definition) is 5. The minimum Gasteiger partial charge on any atom is -0.353 e. The molecule has 0 radical (unpaired) electrons. The molecule has 0 saturated heterocycles. The van der Waals surface area contributed by atoms with Crippen LogP contribution in [0.1, 0.15) is 0 Å². The molecule has 108 valence electrons. The molecule has 4 N–H and O–H groups in total. The van der Waals surface area contributed by atoms with Crippen molar-refractivity contribution < 1.29 is 18.9 Å². The maximum absolute atomic E-state index is 11.6. The van der Waals surface area contributed by atoms with Crippen LogP contribution in [0.25, 0.3) is 11.0 Å². The molecule has 9 nitrogen and oxygen atoms in total. The maximum Gasteiger partial charge on any atom is 0.471 e. The zero-order valence-electron chi connectivity index (χ0n) is 10.5. The van der Waals surface area contributed by atoms with Gasteiger partial charge in [-0.1, -0.05) is 6.58 Å². The second-order valence-corrected chi connectivity index (χ2v) is 5.15. The number of nitrogens with one attached hydrogen (secondary N) is 2. The fraction of sp³-hybridized carbons (Fsp3) is 0.200. The zero-order valence-corrected chi connectivity index (χ0v) is 11.4. The van der Waals surface area contributed by atoms with E-state index in [9.17, 15) is 9.36 Å². The molecule has 0 saturated carbocycles. The van der Waals surface area contributed by atoms with Gasteiger partial charge in [0.2, 0.25) is 0 Å². The summed E-state index contributed by atoms with van der Waals surface area (Å²) in [6, 6.07) is 0. The van der Waals surface area contributed by atoms with Gasteiger partial charge in [0.15, 0.2) is 6.23 Å². The minimum atomic E-state index is -4.68. The van der Waals surface area contributed by atoms with E-state index >= 15 is 0 Å². The van der Waals surface area contributed by atoms with Crippen molar-refractivity contribution in [3.63, 3.8) is 0 Å². The van der Waals surface area contributed by atoms with E-state index in [-0.39, 0.29) is 11.1 Å². The van der Waals surface area contributed by atoms with Gasteiger partial charge < -0.3 is 24.7 Å². The van der Waals surface area contributed by atoms with Crippen LogP contribution in [-0.4, -0.2) is 38.0 Å². The number of H-pyrrole nitrogens is 2. The van der Waals surface area contributed by atoms with Crippen LogP contribution < -0.4 is 10.5 Å². The third-order valence-electron chi connectivity index (χ3n) is 2.66. The first kappa shape index (κ1) is 14.5. The summed E-state index contributed by atoms with van der Waals surface area (Å²) in [4.78, 5) is 39.9. The second kappa shape index (κ2) is 5.22. The number of likely N-dealkylation sites (N-methyl/N-ethyl adjacent to an activating group) is 1. The van der Waals surface area contributed by atoms with Gasteiger partial charge in [0.1, 0.15) is 11.0 Å². The molecule has 2 heterocycles. The molecule has 2 aromatic rings. The average Bonchev–Trinajstić information content (AvgIpc) is 2.79. The molecule has 2 aromatic heterocycles. The van der Waals surface area contributed by atoms with E-state index in [1.807, 2.05) is 0 Å². The summed E-state index contributed by atoms with van der Waals surface area (Å²) in [5.41, 5.74) is 0.718. The fourth-order valence-electron chi connectivity index (χ4n) is 1.76. The van der Waals surface area contributed by atoms with Crippen LogP contribution in [0.5, 0.6) is 0 Å². The highest BCUT2D eigenvalue weighted by atomic mass is 31.2. The number of fused-ring (bicyclic) bond motifs is 1. The van der Waals surface area contributed by atoms with Crippen molar-refractivity contribution in [3.05, 3.63) is 35.5 Å². The van der Waals surface area contributed by atoms with Gasteiger partial charge in [-0.05, 0) is 6.08 Å². The first-order valence-corrected chi connectivity index (χ1v) is 7.00. The first-order valence-electron chi connectivity index (χ1n) is 5.47. The van der Waals surface area contributed by atoms with Crippen LogP contribution in [-0.2, 0) is 9.09 Å². The van der Waals surface area contributed by atoms with Crippen molar-refractivity contribution in [1.82, 2.24) is 15.0 Å². The summed E-state index contributed by atoms with van der Waals surface area (Å²) in [6.07, 6.45) is 2.89. The number of anilines is 1. The molecular weight excluding hydrogens is 287 g/mol. The Morgan fingerprint density at radius 3 is 2.85 bits per heavy atom. The van der Waals surface area contributed by atoms with Crippen LogP contribution >= 0.6 is 7.82 Å². The number of aromatic amines is 2. The Balaban J connectivity index is 2.42. The van der Waals surface area contributed by atoms with Crippen LogP contribution in [0.4, 0.5) is 5.69 Å². The van der Waals surface area contributed by atoms with E-state index in [2.05, 4.69) is 26.1 Å². The second-order valence-electron chi connectivity index (χ2n) is 3.96. The Morgan fingerprint density at radius 1 is 1.55 bits per heavy atom. The van der Waals surface area contributed by atoms with E-state index in [1.165, 1.54) is 30.5 Å². The zero-order chi connectivity index (χ0) is 14.9. The molecule has 0 spiro atoms. The molecule has 0 aromatic carbocycles. The lowest BCUT2D eigenvalue weighted by Crippen LogP contribution is -2.31. The predicted octanol–water partition coefficient (Wildman–Crippen LogP) is 0.309. The predicted molar refractivity (Wildman–Crippen MR) is 72.2 cm³/mol. The van der Waals surface area contributed by atoms with Gasteiger partial charge >= 0.3 is 7.82 Å². The molecule has 20 heavy (non-hydrogen) atoms. The SMILES string of the molecule is C=CC(OP(=O)(O)O)N(C)c1c[nH]c2c(=O)[nH]cnc12. The highest BCUT2D eigenvalue weighted by Gasteiger charge is 2.25. The van der Waals surface area contributed by atoms with Crippen LogP contribution in [0.15, 0.2) is 30.0 Å². The molecular formula is C10H13N4O5P. The Hall–Kier alpha value is -1.93. The van der Waals surface area contributed by atoms with Gasteiger partial charge in [-0.3, -0.25) is 9.32 Å². The van der Waals surface area contributed by atoms with Gasteiger partial charge in [-0.15, -0.1) is 0 Å². The van der Waals surface area contributed by atoms with Gasteiger partial charge in [0.25, 0.3) is 5.56 Å². The number of phosphoric acid groups is 1. The standard InChI is InChI=1S/C10H13N4O5P/c1-3-7(19-20(16,17)18)14(2)6-4-11-9-8(6)12-5-13-10(9)15/h3-5,7,11H,1H2,2H3,(H,12,13,15)(H2,16,17,18). The molecule has 1 atom stereocenters. The molecule has 0 bridgehead atoms. The maximum atomic E-state index is 11.6. The molecule has 0 fully saturated rings. The lowest BCUT2D eigenvalue weighted by atomic mass is 10.3. The molecule has 0 amide bonds. The number of phosphoric ester groups is 1. The molecule has 0 aliphatic rings. The van der Waals surface area contributed by atoms with E-state index in [0.29, 0.717) is 11.2 Å². The summed E-state index contributed by atoms with van der Waals surface area (Å²) in [5.74, 6) is 0. The largest absolute Gasteiger partial charge is 0.471 e. The highest BCUT2D eigenvalue weighted by Crippen LogP contribution is 2.39. The van der Waals surface area contributed by atoms with Crippen LogP contribution in [0, 0.1) is 0 Å². The Labute approximate surface area is 113 Å². The third-order valence-corrected chi connectivity index (χ3v) is 3.15. The van der Waals surface area contributed by atoms with Gasteiger partial charge in [-0.25, -0.2) is 9.55 Å². The van der Waals surface area contributed by atoms with E-state index < -0.39 is 14.1 Å². The number of aromatic nitrogens is 3. The van der Waals surface area contributed by atoms with E-state index in [1.54, 1.807) is 0 Å². The highest BCUT2D eigenvalue weighted by molar-refractivity contribution is 7.46. The Morgan fingerprint density at radius 2 is 2.25 bits per heavy atom. The van der Waals surface area contributed by atoms with Crippen molar-refractivity contribution >= 4 is 24.5 Å². The molecule has 2 rings (SSSR count). The summed E-state index contributed by atoms with van der Waals surface area (Å²) in [7, 11) is -3.14. The Bertz CT molecular complexity index is 733. The first-order chi connectivity index (χ1) is 9.33. The lowest BCUT2D eigenvalue weighted by molar-refractivity contribution is 0.161. The monoisotopic (exact) mass is 300 g/mol. The normalized spacial score (nSPS) is 13.3. The summed E-state index contributed by atoms with van der Waals surface area (Å²) in [6.45, 7) is 3.47. The molecule has 0 aliphatic heterocycles. The minimum absolute atomic E-state index is 0.258. The van der Waals surface area contributed by atoms with Crippen molar-refractivity contribution in [2.75, 3.05) is 11.9 Å². The van der Waals surface area contributed by atoms with Crippen molar-refractivity contribution in [1.29, 1.82) is 0 Å². The lowest BCUT2D eigenvalue weighted by Gasteiger charge is -2.26. The summed E-state index contributed by atoms with van der Waals surface area (Å²) >= 11 is 0. The van der Waals surface area contributed by atoms with Gasteiger partial charge in [-0.2, -0.15) is 0 Å². The van der Waals surface area contributed by atoms with Gasteiger partial charge in [0, 0.05) is 13.2 Å². The number of hydrogen-bond donors (Lipinski definition) is 4. The molecule has 1 unspecified atom stereocenters. The smallest absolute Gasteiger partial charge is 0.353 e. The fourth-order valence-corrected chi connectivity index (χ4v) is 2.26. The third kappa shape index (κ3) is 2.81. The van der Waals surface area contributed by atoms with E-state index in [0.717, 1.165) is 0 Å². The molecule has 0 aliphatic carbocycles. The van der Waals surface area contributed by atoms with Crippen LogP contribution in [0.3, 0.4) is 0 Å². The van der Waals surface area contributed by atoms with Crippen molar-refractivity contribution in [3.8, 4) is 0 Å². The van der Waals surface area contributed by atoms with E-state index in [4.69, 9.17) is 9.79 Å².